The van der Waals surface area contributed by atoms with Crippen molar-refractivity contribution in [3.05, 3.63) is 48.3 Å². The van der Waals surface area contributed by atoms with Gasteiger partial charge in [-0.2, -0.15) is 5.10 Å². The first-order chi connectivity index (χ1) is 10.8. The van der Waals surface area contributed by atoms with Gasteiger partial charge in [-0.1, -0.05) is 30.3 Å². The van der Waals surface area contributed by atoms with Gasteiger partial charge in [-0.15, -0.1) is 0 Å². The van der Waals surface area contributed by atoms with Crippen LogP contribution in [-0.4, -0.2) is 40.1 Å². The van der Waals surface area contributed by atoms with E-state index in [4.69, 9.17) is 4.84 Å². The molecule has 1 atom stereocenters. The van der Waals surface area contributed by atoms with Gasteiger partial charge in [-0.25, -0.2) is 4.68 Å². The van der Waals surface area contributed by atoms with E-state index in [1.165, 1.54) is 5.56 Å². The molecule has 1 unspecified atom stereocenters. The molecule has 5 heteroatoms. The second-order valence-corrected chi connectivity index (χ2v) is 5.72. The molecule has 0 saturated heterocycles. The monoisotopic (exact) mass is 298 g/mol. The Bertz CT molecular complexity index is 636. The molecule has 0 saturated carbocycles. The number of rotatable bonds is 6. The molecule has 0 aliphatic carbocycles. The van der Waals surface area contributed by atoms with Gasteiger partial charge in [0.1, 0.15) is 6.10 Å². The van der Waals surface area contributed by atoms with Crippen LogP contribution in [0.25, 0.3) is 5.69 Å². The third kappa shape index (κ3) is 3.36. The molecule has 22 heavy (non-hydrogen) atoms. The van der Waals surface area contributed by atoms with Crippen molar-refractivity contribution in [2.45, 2.75) is 32.4 Å². The van der Waals surface area contributed by atoms with E-state index in [1.54, 1.807) is 6.20 Å². The van der Waals surface area contributed by atoms with Crippen LogP contribution in [0.4, 0.5) is 0 Å². The molecular formula is C17H22N4O. The molecule has 2 aromatic rings. The van der Waals surface area contributed by atoms with Crippen molar-refractivity contribution < 1.29 is 4.84 Å². The lowest BCUT2D eigenvalue weighted by molar-refractivity contribution is 0.0576. The van der Waals surface area contributed by atoms with Crippen LogP contribution in [0.15, 0.2) is 47.9 Å². The molecule has 0 spiro atoms. The van der Waals surface area contributed by atoms with Crippen LogP contribution in [0.3, 0.4) is 0 Å². The van der Waals surface area contributed by atoms with E-state index in [2.05, 4.69) is 47.3 Å². The zero-order chi connectivity index (χ0) is 15.4. The zero-order valence-corrected chi connectivity index (χ0v) is 13.1. The van der Waals surface area contributed by atoms with Crippen molar-refractivity contribution in [3.63, 3.8) is 0 Å². The molecule has 116 valence electrons. The van der Waals surface area contributed by atoms with Crippen molar-refractivity contribution in [1.82, 2.24) is 14.7 Å². The first-order valence-electron chi connectivity index (χ1n) is 7.74. The molecule has 1 aliphatic rings. The maximum absolute atomic E-state index is 5.50. The van der Waals surface area contributed by atoms with Crippen LogP contribution in [0.1, 0.15) is 25.3 Å². The SMILES string of the molecule is CCC1=NOC(CN(C)Cc2ccccc2-n2cccn2)C1. The third-order valence-corrected chi connectivity index (χ3v) is 3.90. The first-order valence-corrected chi connectivity index (χ1v) is 7.74. The van der Waals surface area contributed by atoms with Gasteiger partial charge >= 0.3 is 0 Å². The van der Waals surface area contributed by atoms with Crippen LogP contribution in [0.5, 0.6) is 0 Å². The quantitative estimate of drug-likeness (QED) is 0.823. The summed E-state index contributed by atoms with van der Waals surface area (Å²) in [4.78, 5) is 7.77. The van der Waals surface area contributed by atoms with Gasteiger partial charge < -0.3 is 4.84 Å². The van der Waals surface area contributed by atoms with Gasteiger partial charge in [-0.3, -0.25) is 4.90 Å². The van der Waals surface area contributed by atoms with Crippen LogP contribution in [0, 0.1) is 0 Å². The number of hydrogen-bond acceptors (Lipinski definition) is 4. The molecule has 3 rings (SSSR count). The van der Waals surface area contributed by atoms with Gasteiger partial charge in [0.25, 0.3) is 0 Å². The average molecular weight is 298 g/mol. The van der Waals surface area contributed by atoms with Crippen LogP contribution in [-0.2, 0) is 11.4 Å². The van der Waals surface area contributed by atoms with Crippen molar-refractivity contribution in [1.29, 1.82) is 0 Å². The second kappa shape index (κ2) is 6.75. The third-order valence-electron chi connectivity index (χ3n) is 3.90. The number of likely N-dealkylation sites (N-methyl/N-ethyl adjacent to an activating group) is 1. The molecule has 0 N–H and O–H groups in total. The Morgan fingerprint density at radius 1 is 1.32 bits per heavy atom. The molecule has 0 fully saturated rings. The minimum atomic E-state index is 0.178. The van der Waals surface area contributed by atoms with E-state index in [0.29, 0.717) is 0 Å². The lowest BCUT2D eigenvalue weighted by atomic mass is 10.1. The lowest BCUT2D eigenvalue weighted by Gasteiger charge is -2.21. The van der Waals surface area contributed by atoms with Gasteiger partial charge in [0.15, 0.2) is 0 Å². The summed E-state index contributed by atoms with van der Waals surface area (Å²) in [6, 6.07) is 10.3. The fraction of sp³-hybridized carbons (Fsp3) is 0.412. The maximum atomic E-state index is 5.50. The Balaban J connectivity index is 1.64. The fourth-order valence-electron chi connectivity index (χ4n) is 2.78. The second-order valence-electron chi connectivity index (χ2n) is 5.72. The van der Waals surface area contributed by atoms with Crippen molar-refractivity contribution >= 4 is 5.71 Å². The van der Waals surface area contributed by atoms with E-state index in [-0.39, 0.29) is 6.10 Å². The standard InChI is InChI=1S/C17H22N4O/c1-3-15-11-16(22-19-15)13-20(2)12-14-7-4-5-8-17(14)21-10-6-9-18-21/h4-10,16H,3,11-13H2,1-2H3. The topological polar surface area (TPSA) is 42.6 Å². The summed E-state index contributed by atoms with van der Waals surface area (Å²) in [7, 11) is 2.12. The first kappa shape index (κ1) is 14.8. The summed E-state index contributed by atoms with van der Waals surface area (Å²) >= 11 is 0. The van der Waals surface area contributed by atoms with E-state index in [9.17, 15) is 0 Å². The Morgan fingerprint density at radius 3 is 2.91 bits per heavy atom. The Labute approximate surface area is 131 Å². The molecule has 5 nitrogen and oxygen atoms in total. The summed E-state index contributed by atoms with van der Waals surface area (Å²) in [5, 5.41) is 8.46. The predicted octanol–water partition coefficient (Wildman–Crippen LogP) is 2.86. The molecular weight excluding hydrogens is 276 g/mol. The molecule has 1 aromatic heterocycles. The molecule has 1 aromatic carbocycles. The number of para-hydroxylation sites is 1. The molecule has 2 heterocycles. The van der Waals surface area contributed by atoms with Crippen molar-refractivity contribution in [2.24, 2.45) is 5.16 Å². The number of oxime groups is 1. The summed E-state index contributed by atoms with van der Waals surface area (Å²) in [6.45, 7) is 3.85. The average Bonchev–Trinajstić information content (AvgIpc) is 3.19. The summed E-state index contributed by atoms with van der Waals surface area (Å²) in [6.07, 6.45) is 5.87. The van der Waals surface area contributed by atoms with Crippen LogP contribution in [0.2, 0.25) is 0 Å². The molecule has 0 amide bonds. The molecule has 0 bridgehead atoms. The van der Waals surface area contributed by atoms with Crippen LogP contribution >= 0.6 is 0 Å². The smallest absolute Gasteiger partial charge is 0.145 e. The highest BCUT2D eigenvalue weighted by Gasteiger charge is 2.21. The molecule has 0 radical (unpaired) electrons. The minimum Gasteiger partial charge on any atom is -0.391 e. The Morgan fingerprint density at radius 2 is 2.18 bits per heavy atom. The van der Waals surface area contributed by atoms with Gasteiger partial charge in [0.2, 0.25) is 0 Å². The maximum Gasteiger partial charge on any atom is 0.145 e. The van der Waals surface area contributed by atoms with Gasteiger partial charge in [0, 0.05) is 31.9 Å². The van der Waals surface area contributed by atoms with Crippen LogP contribution < -0.4 is 0 Å². The van der Waals surface area contributed by atoms with Gasteiger partial charge in [-0.05, 0) is 31.2 Å². The predicted molar refractivity (Wildman–Crippen MR) is 87.1 cm³/mol. The summed E-state index contributed by atoms with van der Waals surface area (Å²) < 4.78 is 1.91. The number of hydrogen-bond donors (Lipinski definition) is 0. The largest absolute Gasteiger partial charge is 0.391 e. The fourth-order valence-corrected chi connectivity index (χ4v) is 2.78. The van der Waals surface area contributed by atoms with E-state index in [0.717, 1.165) is 37.3 Å². The summed E-state index contributed by atoms with van der Waals surface area (Å²) in [5.74, 6) is 0. The normalized spacial score (nSPS) is 17.6. The molecule has 1 aliphatic heterocycles. The van der Waals surface area contributed by atoms with Crippen molar-refractivity contribution in [2.75, 3.05) is 13.6 Å². The van der Waals surface area contributed by atoms with E-state index >= 15 is 0 Å². The number of nitrogens with zero attached hydrogens (tertiary/aromatic N) is 4. The highest BCUT2D eigenvalue weighted by Crippen LogP contribution is 2.18. The van der Waals surface area contributed by atoms with E-state index < -0.39 is 0 Å². The minimum absolute atomic E-state index is 0.178. The number of benzene rings is 1. The van der Waals surface area contributed by atoms with Crippen molar-refractivity contribution in [3.8, 4) is 5.69 Å². The zero-order valence-electron chi connectivity index (χ0n) is 13.1. The number of aromatic nitrogens is 2. The highest BCUT2D eigenvalue weighted by molar-refractivity contribution is 5.85. The lowest BCUT2D eigenvalue weighted by Crippen LogP contribution is -2.29. The highest BCUT2D eigenvalue weighted by atomic mass is 16.6. The summed E-state index contributed by atoms with van der Waals surface area (Å²) in [5.41, 5.74) is 3.54. The Hall–Kier alpha value is -2.14. The Kier molecular flexibility index (Phi) is 4.53. The van der Waals surface area contributed by atoms with E-state index in [1.807, 2.05) is 23.0 Å². The van der Waals surface area contributed by atoms with Gasteiger partial charge in [0.05, 0.1) is 11.4 Å².